The summed E-state index contributed by atoms with van der Waals surface area (Å²) in [6.07, 6.45) is 2.53. The standard InChI is InChI=1S/C23H23N3O4S/c1-16-9-11-17(12-10-16)31(28,29)24-25-14-13-19-18-7-5-6-8-20(18)26(21(19)15-25)22(27)30-23(2,3)4/h5-15H,1-4H3. The third-order valence-corrected chi connectivity index (χ3v) is 5.97. The van der Waals surface area contributed by atoms with Crippen molar-refractivity contribution in [2.45, 2.75) is 38.2 Å². The van der Waals surface area contributed by atoms with Gasteiger partial charge in [-0.25, -0.2) is 22.5 Å². The van der Waals surface area contributed by atoms with Crippen molar-refractivity contribution in [3.05, 3.63) is 77.4 Å². The number of sulfonamides is 1. The summed E-state index contributed by atoms with van der Waals surface area (Å²) in [6.45, 7) is 7.26. The van der Waals surface area contributed by atoms with Crippen molar-refractivity contribution in [2.24, 2.45) is 0 Å². The summed E-state index contributed by atoms with van der Waals surface area (Å²) >= 11 is 0. The Balaban J connectivity index is 1.83. The summed E-state index contributed by atoms with van der Waals surface area (Å²) in [5.41, 5.74) is 1.44. The second-order valence-electron chi connectivity index (χ2n) is 8.33. The van der Waals surface area contributed by atoms with Crippen LogP contribution in [0.5, 0.6) is 0 Å². The van der Waals surface area contributed by atoms with Crippen LogP contribution in [0.15, 0.2) is 71.9 Å². The Morgan fingerprint density at radius 3 is 2.29 bits per heavy atom. The van der Waals surface area contributed by atoms with E-state index < -0.39 is 21.7 Å². The van der Waals surface area contributed by atoms with Gasteiger partial charge in [0.05, 0.1) is 10.4 Å². The number of nitrogens with zero attached hydrogens (tertiary/aromatic N) is 3. The van der Waals surface area contributed by atoms with Gasteiger partial charge in [0, 0.05) is 16.8 Å². The maximum absolute atomic E-state index is 13.0. The number of aryl methyl sites for hydroxylation is 1. The highest BCUT2D eigenvalue weighted by molar-refractivity contribution is 7.93. The van der Waals surface area contributed by atoms with E-state index >= 15 is 0 Å². The molecule has 160 valence electrons. The van der Waals surface area contributed by atoms with Crippen LogP contribution in [0.3, 0.4) is 0 Å². The van der Waals surface area contributed by atoms with Crippen molar-refractivity contribution in [3.63, 3.8) is 0 Å². The summed E-state index contributed by atoms with van der Waals surface area (Å²) in [5, 5.41) is 1.65. The van der Waals surface area contributed by atoms with Crippen molar-refractivity contribution in [3.8, 4) is 0 Å². The minimum absolute atomic E-state index is 0.0957. The number of ether oxygens (including phenoxy) is 1. The molecular weight excluding hydrogens is 414 g/mol. The number of para-hydroxylation sites is 1. The third-order valence-electron chi connectivity index (χ3n) is 4.70. The predicted molar refractivity (Wildman–Crippen MR) is 118 cm³/mol. The normalized spacial score (nSPS) is 12.3. The lowest BCUT2D eigenvalue weighted by Gasteiger charge is -2.20. The molecule has 0 fully saturated rings. The summed E-state index contributed by atoms with van der Waals surface area (Å²) in [6, 6.07) is 15.7. The zero-order valence-corrected chi connectivity index (χ0v) is 18.6. The number of rotatable bonds is 3. The Morgan fingerprint density at radius 2 is 1.61 bits per heavy atom. The van der Waals surface area contributed by atoms with E-state index in [-0.39, 0.29) is 4.90 Å². The summed E-state index contributed by atoms with van der Waals surface area (Å²) in [5.74, 6) is 0. The number of carbonyl (C=O) groups is 1. The van der Waals surface area contributed by atoms with E-state index in [1.165, 1.54) is 27.6 Å². The van der Waals surface area contributed by atoms with Gasteiger partial charge in [0.15, 0.2) is 22.4 Å². The van der Waals surface area contributed by atoms with Gasteiger partial charge in [-0.3, -0.25) is 0 Å². The molecular formula is C23H23N3O4S. The number of hydrogen-bond acceptors (Lipinski definition) is 4. The Bertz CT molecular complexity index is 1400. The van der Waals surface area contributed by atoms with Crippen molar-refractivity contribution >= 4 is 37.9 Å². The molecule has 7 nitrogen and oxygen atoms in total. The zero-order chi connectivity index (χ0) is 22.4. The van der Waals surface area contributed by atoms with E-state index in [1.807, 2.05) is 31.2 Å². The van der Waals surface area contributed by atoms with E-state index in [0.717, 1.165) is 16.3 Å². The maximum atomic E-state index is 13.0. The fourth-order valence-electron chi connectivity index (χ4n) is 3.34. The number of aromatic nitrogens is 2. The Morgan fingerprint density at radius 1 is 0.968 bits per heavy atom. The zero-order valence-electron chi connectivity index (χ0n) is 17.7. The Hall–Kier alpha value is -3.39. The van der Waals surface area contributed by atoms with Crippen LogP contribution in [-0.4, -0.2) is 24.7 Å². The molecule has 0 saturated heterocycles. The largest absolute Gasteiger partial charge is 0.443 e. The molecule has 0 N–H and O–H groups in total. The molecule has 0 bridgehead atoms. The number of benzene rings is 2. The van der Waals surface area contributed by atoms with Crippen LogP contribution in [0, 0.1) is 6.92 Å². The maximum Gasteiger partial charge on any atom is 0.419 e. The first-order valence-electron chi connectivity index (χ1n) is 9.78. The van der Waals surface area contributed by atoms with Gasteiger partial charge in [0.2, 0.25) is 0 Å². The Labute approximate surface area is 180 Å². The Kier molecular flexibility index (Phi) is 4.97. The molecule has 8 heteroatoms. The summed E-state index contributed by atoms with van der Waals surface area (Å²) in [4.78, 5) is 17.0. The second-order valence-corrected chi connectivity index (χ2v) is 9.91. The molecule has 0 spiro atoms. The molecule has 2 heterocycles. The topological polar surface area (TPSA) is 83.4 Å². The van der Waals surface area contributed by atoms with Gasteiger partial charge < -0.3 is 9.57 Å². The van der Waals surface area contributed by atoms with Crippen molar-refractivity contribution in [2.75, 3.05) is 0 Å². The molecule has 0 unspecified atom stereocenters. The molecule has 4 aromatic rings. The van der Waals surface area contributed by atoms with Crippen LogP contribution >= 0.6 is 0 Å². The van der Waals surface area contributed by atoms with Gasteiger partial charge in [-0.15, -0.1) is 0 Å². The van der Waals surface area contributed by atoms with Crippen molar-refractivity contribution in [1.82, 2.24) is 4.57 Å². The fraction of sp³-hybridized carbons (Fsp3) is 0.217. The molecule has 0 aliphatic carbocycles. The van der Waals surface area contributed by atoms with Gasteiger partial charge in [0.1, 0.15) is 11.1 Å². The number of hydrogen-bond donors (Lipinski definition) is 0. The number of carbonyl (C=O) groups excluding carboxylic acids is 1. The average molecular weight is 438 g/mol. The minimum atomic E-state index is -3.93. The number of pyridine rings is 1. The van der Waals surface area contributed by atoms with Crippen molar-refractivity contribution in [1.29, 1.82) is 0 Å². The predicted octanol–water partition coefficient (Wildman–Crippen LogP) is 4.70. The van der Waals surface area contributed by atoms with Crippen molar-refractivity contribution < 1.29 is 22.6 Å². The van der Waals surface area contributed by atoms with E-state index in [2.05, 4.69) is 4.83 Å². The third kappa shape index (κ3) is 4.11. The highest BCUT2D eigenvalue weighted by Gasteiger charge is 2.23. The van der Waals surface area contributed by atoms with Crippen LogP contribution in [0.2, 0.25) is 0 Å². The van der Waals surface area contributed by atoms with Crippen LogP contribution in [-0.2, 0) is 14.8 Å². The van der Waals surface area contributed by atoms with Gasteiger partial charge in [0.25, 0.3) is 0 Å². The SMILES string of the molecule is Cc1ccc(S(=O)(=O)[N-][n+]2ccc3c4ccccc4n(C(=O)OC(C)(C)C)c3c2)cc1. The van der Waals surface area contributed by atoms with Gasteiger partial charge in [-0.2, -0.15) is 0 Å². The summed E-state index contributed by atoms with van der Waals surface area (Å²) in [7, 11) is -3.93. The second kappa shape index (κ2) is 7.39. The van der Waals surface area contributed by atoms with E-state index in [0.29, 0.717) is 11.0 Å². The van der Waals surface area contributed by atoms with Gasteiger partial charge >= 0.3 is 6.09 Å². The lowest BCUT2D eigenvalue weighted by Crippen LogP contribution is -2.32. The molecule has 0 radical (unpaired) electrons. The van der Waals surface area contributed by atoms with E-state index in [1.54, 1.807) is 45.2 Å². The molecule has 31 heavy (non-hydrogen) atoms. The van der Waals surface area contributed by atoms with Crippen LogP contribution in [0.4, 0.5) is 4.79 Å². The quantitative estimate of drug-likeness (QED) is 0.435. The molecule has 0 atom stereocenters. The molecule has 0 aliphatic rings. The van der Waals surface area contributed by atoms with Crippen LogP contribution < -0.4 is 4.68 Å². The van der Waals surface area contributed by atoms with E-state index in [9.17, 15) is 13.2 Å². The van der Waals surface area contributed by atoms with Gasteiger partial charge in [-0.1, -0.05) is 35.9 Å². The smallest absolute Gasteiger partial charge is 0.419 e. The summed E-state index contributed by atoms with van der Waals surface area (Å²) < 4.78 is 33.7. The molecule has 2 aromatic heterocycles. The van der Waals surface area contributed by atoms with Gasteiger partial charge in [-0.05, 0) is 45.9 Å². The molecule has 0 saturated carbocycles. The minimum Gasteiger partial charge on any atom is -0.443 e. The van der Waals surface area contributed by atoms with Crippen LogP contribution in [0.1, 0.15) is 26.3 Å². The van der Waals surface area contributed by atoms with E-state index in [4.69, 9.17) is 4.74 Å². The monoisotopic (exact) mass is 437 g/mol. The highest BCUT2D eigenvalue weighted by Crippen LogP contribution is 2.29. The lowest BCUT2D eigenvalue weighted by atomic mass is 10.2. The molecule has 0 amide bonds. The molecule has 4 rings (SSSR count). The first-order chi connectivity index (χ1) is 14.5. The molecule has 2 aromatic carbocycles. The first-order valence-corrected chi connectivity index (χ1v) is 11.2. The highest BCUT2D eigenvalue weighted by atomic mass is 32.2. The first kappa shape index (κ1) is 20.9. The van der Waals surface area contributed by atoms with Crippen LogP contribution in [0.25, 0.3) is 26.6 Å². The fourth-order valence-corrected chi connectivity index (χ4v) is 4.27. The number of fused-ring (bicyclic) bond motifs is 3. The lowest BCUT2D eigenvalue weighted by molar-refractivity contribution is -0.612. The molecule has 0 aliphatic heterocycles. The average Bonchev–Trinajstić information content (AvgIpc) is 3.00.